The summed E-state index contributed by atoms with van der Waals surface area (Å²) < 4.78 is 20.6. The van der Waals surface area contributed by atoms with E-state index in [1.807, 2.05) is 0 Å². The van der Waals surface area contributed by atoms with Gasteiger partial charge in [-0.1, -0.05) is 90.9 Å². The molecule has 38 heavy (non-hydrogen) atoms. The van der Waals surface area contributed by atoms with Crippen LogP contribution in [0.4, 0.5) is 0 Å². The normalized spacial score (nSPS) is 11.5. The fraction of sp³-hybridized carbons (Fsp3) is 0.812. The minimum absolute atomic E-state index is 0.668. The standard InChI is InChI=1S/C32H60N4O2/c1-3-5-7-9-13-17-21-33-23-25-35(29-33)31-37-27-19-15-11-12-16-20-28-38-32-36-26-24-34(30-36)22-18-14-10-8-6-4-2/h23-26,29-30H,3-22,27-28,31-32H2,1-2H3/q+2. The largest absolute Gasteiger partial charge is 0.342 e. The summed E-state index contributed by atoms with van der Waals surface area (Å²) in [5.74, 6) is 0. The predicted molar refractivity (Wildman–Crippen MR) is 156 cm³/mol. The number of imidazole rings is 2. The zero-order valence-electron chi connectivity index (χ0n) is 25.0. The van der Waals surface area contributed by atoms with Gasteiger partial charge in [0.25, 0.3) is 0 Å². The van der Waals surface area contributed by atoms with Gasteiger partial charge in [-0.05, 0) is 38.5 Å². The van der Waals surface area contributed by atoms with E-state index in [0.717, 1.165) is 39.1 Å². The van der Waals surface area contributed by atoms with Crippen molar-refractivity contribution in [1.29, 1.82) is 0 Å². The number of ether oxygens (including phenoxy) is 2. The maximum atomic E-state index is 5.87. The third kappa shape index (κ3) is 17.0. The van der Waals surface area contributed by atoms with Gasteiger partial charge < -0.3 is 9.47 Å². The van der Waals surface area contributed by atoms with Crippen LogP contribution in [0.3, 0.4) is 0 Å². The number of hydrogen-bond acceptors (Lipinski definition) is 2. The van der Waals surface area contributed by atoms with E-state index >= 15 is 0 Å². The molecule has 0 aliphatic heterocycles. The average molecular weight is 533 g/mol. The van der Waals surface area contributed by atoms with E-state index < -0.39 is 0 Å². The molecule has 0 bridgehead atoms. The molecule has 6 heteroatoms. The first-order valence-corrected chi connectivity index (χ1v) is 16.1. The van der Waals surface area contributed by atoms with E-state index in [9.17, 15) is 0 Å². The molecule has 2 aromatic rings. The van der Waals surface area contributed by atoms with Crippen LogP contribution in [0, 0.1) is 0 Å². The van der Waals surface area contributed by atoms with Crippen molar-refractivity contribution < 1.29 is 18.6 Å². The molecule has 0 aliphatic rings. The van der Waals surface area contributed by atoms with Crippen molar-refractivity contribution in [3.05, 3.63) is 37.4 Å². The summed E-state index contributed by atoms with van der Waals surface area (Å²) in [6, 6.07) is 0. The van der Waals surface area contributed by atoms with Crippen LogP contribution in [-0.2, 0) is 36.0 Å². The van der Waals surface area contributed by atoms with Crippen molar-refractivity contribution in [2.45, 2.75) is 156 Å². The summed E-state index contributed by atoms with van der Waals surface area (Å²) in [7, 11) is 0. The molecule has 0 spiro atoms. The van der Waals surface area contributed by atoms with Crippen LogP contribution in [-0.4, -0.2) is 22.3 Å². The number of hydrogen-bond donors (Lipinski definition) is 0. The maximum Gasteiger partial charge on any atom is 0.245 e. The summed E-state index contributed by atoms with van der Waals surface area (Å²) in [6.07, 6.45) is 36.5. The number of aromatic nitrogens is 4. The van der Waals surface area contributed by atoms with Gasteiger partial charge in [-0.3, -0.25) is 0 Å². The monoisotopic (exact) mass is 532 g/mol. The topological polar surface area (TPSA) is 36.1 Å². The molecular formula is C32H60N4O2+2. The van der Waals surface area contributed by atoms with Gasteiger partial charge in [0.1, 0.15) is 24.8 Å². The second kappa shape index (κ2) is 23.2. The van der Waals surface area contributed by atoms with Gasteiger partial charge in [-0.2, -0.15) is 0 Å². The molecule has 0 aliphatic carbocycles. The Labute approximate surface area is 234 Å². The lowest BCUT2D eigenvalue weighted by Gasteiger charge is -2.04. The molecule has 0 radical (unpaired) electrons. The van der Waals surface area contributed by atoms with Crippen molar-refractivity contribution >= 4 is 0 Å². The third-order valence-electron chi connectivity index (χ3n) is 7.34. The van der Waals surface area contributed by atoms with Crippen molar-refractivity contribution in [1.82, 2.24) is 9.13 Å². The van der Waals surface area contributed by atoms with Gasteiger partial charge in [0, 0.05) is 0 Å². The van der Waals surface area contributed by atoms with Gasteiger partial charge >= 0.3 is 0 Å². The number of rotatable bonds is 27. The highest BCUT2D eigenvalue weighted by Gasteiger charge is 2.05. The summed E-state index contributed by atoms with van der Waals surface area (Å²) in [5.41, 5.74) is 0. The molecule has 6 nitrogen and oxygen atoms in total. The Morgan fingerprint density at radius 1 is 0.474 bits per heavy atom. The quantitative estimate of drug-likeness (QED) is 0.0878. The fourth-order valence-corrected chi connectivity index (χ4v) is 4.90. The molecular weight excluding hydrogens is 472 g/mol. The van der Waals surface area contributed by atoms with E-state index in [1.54, 1.807) is 0 Å². The smallest absolute Gasteiger partial charge is 0.245 e. The van der Waals surface area contributed by atoms with Gasteiger partial charge in [-0.15, -0.1) is 0 Å². The van der Waals surface area contributed by atoms with Crippen LogP contribution < -0.4 is 9.13 Å². The van der Waals surface area contributed by atoms with Crippen LogP contribution in [0.1, 0.15) is 129 Å². The molecule has 0 aromatic carbocycles. The van der Waals surface area contributed by atoms with Crippen molar-refractivity contribution in [3.63, 3.8) is 0 Å². The Morgan fingerprint density at radius 3 is 1.26 bits per heavy atom. The summed E-state index contributed by atoms with van der Waals surface area (Å²) in [4.78, 5) is 0. The van der Waals surface area contributed by atoms with E-state index in [-0.39, 0.29) is 0 Å². The molecule has 0 atom stereocenters. The van der Waals surface area contributed by atoms with Gasteiger partial charge in [0.2, 0.25) is 12.7 Å². The summed E-state index contributed by atoms with van der Waals surface area (Å²) in [5, 5.41) is 0. The SMILES string of the molecule is CCCCCCCCn1cc[n+](COCCCCCCCCOC[n+]2ccn(CCCCCCCC)c2)c1. The Balaban J connectivity index is 1.33. The first-order chi connectivity index (χ1) is 18.8. The number of unbranched alkanes of at least 4 members (excludes halogenated alkanes) is 15. The van der Waals surface area contributed by atoms with Crippen LogP contribution in [0.25, 0.3) is 0 Å². The molecule has 2 rings (SSSR count). The molecule has 0 fully saturated rings. The second-order valence-corrected chi connectivity index (χ2v) is 11.1. The highest BCUT2D eigenvalue weighted by Crippen LogP contribution is 2.08. The molecule has 0 saturated carbocycles. The lowest BCUT2D eigenvalue weighted by atomic mass is 10.1. The molecule has 0 amide bonds. The van der Waals surface area contributed by atoms with Crippen molar-refractivity contribution in [3.8, 4) is 0 Å². The van der Waals surface area contributed by atoms with Gasteiger partial charge in [0.05, 0.1) is 26.3 Å². The molecule has 0 N–H and O–H groups in total. The number of nitrogens with zero attached hydrogens (tertiary/aromatic N) is 4. The third-order valence-corrected chi connectivity index (χ3v) is 7.34. The highest BCUT2D eigenvalue weighted by atomic mass is 16.5. The Kier molecular flexibility index (Phi) is 19.9. The van der Waals surface area contributed by atoms with Gasteiger partial charge in [0.15, 0.2) is 13.5 Å². The van der Waals surface area contributed by atoms with E-state index in [0.29, 0.717) is 13.5 Å². The van der Waals surface area contributed by atoms with Crippen LogP contribution in [0.5, 0.6) is 0 Å². The van der Waals surface area contributed by atoms with E-state index in [1.165, 1.54) is 103 Å². The lowest BCUT2D eigenvalue weighted by Crippen LogP contribution is -2.32. The zero-order valence-corrected chi connectivity index (χ0v) is 25.0. The molecule has 2 heterocycles. The predicted octanol–water partition coefficient (Wildman–Crippen LogP) is 7.57. The zero-order chi connectivity index (χ0) is 26.9. The maximum absolute atomic E-state index is 5.87. The molecule has 2 aromatic heterocycles. The first-order valence-electron chi connectivity index (χ1n) is 16.1. The minimum Gasteiger partial charge on any atom is -0.342 e. The van der Waals surface area contributed by atoms with Crippen LogP contribution >= 0.6 is 0 Å². The first kappa shape index (κ1) is 32.6. The molecule has 0 unspecified atom stereocenters. The van der Waals surface area contributed by atoms with Crippen molar-refractivity contribution in [2.75, 3.05) is 13.2 Å². The van der Waals surface area contributed by atoms with Gasteiger partial charge in [-0.25, -0.2) is 18.3 Å². The van der Waals surface area contributed by atoms with Crippen LogP contribution in [0.15, 0.2) is 37.4 Å². The Hall–Kier alpha value is -1.66. The van der Waals surface area contributed by atoms with Crippen LogP contribution in [0.2, 0.25) is 0 Å². The number of aryl methyl sites for hydroxylation is 2. The Morgan fingerprint density at radius 2 is 0.842 bits per heavy atom. The lowest BCUT2D eigenvalue weighted by molar-refractivity contribution is -0.732. The summed E-state index contributed by atoms with van der Waals surface area (Å²) in [6.45, 7) is 9.84. The molecule has 218 valence electrons. The average Bonchev–Trinajstić information content (AvgIpc) is 3.58. The summed E-state index contributed by atoms with van der Waals surface area (Å²) >= 11 is 0. The van der Waals surface area contributed by atoms with E-state index in [4.69, 9.17) is 9.47 Å². The van der Waals surface area contributed by atoms with Crippen molar-refractivity contribution in [2.24, 2.45) is 0 Å². The highest BCUT2D eigenvalue weighted by molar-refractivity contribution is 4.66. The molecule has 0 saturated heterocycles. The minimum atomic E-state index is 0.668. The van der Waals surface area contributed by atoms with E-state index in [2.05, 4.69) is 69.6 Å². The Bertz CT molecular complexity index is 709. The fourth-order valence-electron chi connectivity index (χ4n) is 4.90. The second-order valence-electron chi connectivity index (χ2n) is 11.1.